The fourth-order valence-electron chi connectivity index (χ4n) is 4.13. The zero-order valence-electron chi connectivity index (χ0n) is 16.5. The highest BCUT2D eigenvalue weighted by atomic mass is 19.1. The predicted octanol–water partition coefficient (Wildman–Crippen LogP) is 4.91. The van der Waals surface area contributed by atoms with Crippen molar-refractivity contribution in [1.29, 1.82) is 0 Å². The summed E-state index contributed by atoms with van der Waals surface area (Å²) >= 11 is 0. The Labute approximate surface area is 161 Å². The maximum atomic E-state index is 13.3. The number of halogens is 1. The Morgan fingerprint density at radius 3 is 2.48 bits per heavy atom. The van der Waals surface area contributed by atoms with Gasteiger partial charge in [0, 0.05) is 13.2 Å². The number of benzene rings is 2. The monoisotopic (exact) mass is 371 g/mol. The molecule has 0 radical (unpaired) electrons. The van der Waals surface area contributed by atoms with Crippen LogP contribution in [0.1, 0.15) is 43.7 Å². The summed E-state index contributed by atoms with van der Waals surface area (Å²) in [6, 6.07) is 15.1. The number of rotatable bonds is 7. The van der Waals surface area contributed by atoms with E-state index in [1.807, 2.05) is 24.3 Å². The molecule has 27 heavy (non-hydrogen) atoms. The quantitative estimate of drug-likeness (QED) is 0.701. The lowest BCUT2D eigenvalue weighted by Gasteiger charge is -2.44. The van der Waals surface area contributed by atoms with Crippen molar-refractivity contribution in [3.05, 3.63) is 65.5 Å². The van der Waals surface area contributed by atoms with Crippen LogP contribution < -0.4 is 10.1 Å². The summed E-state index contributed by atoms with van der Waals surface area (Å²) in [6.07, 6.45) is 2.00. The average Bonchev–Trinajstić information content (AvgIpc) is 2.67. The lowest BCUT2D eigenvalue weighted by atomic mass is 9.71. The summed E-state index contributed by atoms with van der Waals surface area (Å²) in [5.74, 6) is 1.49. The second-order valence-electron chi connectivity index (χ2n) is 7.82. The molecule has 2 aromatic rings. The topological polar surface area (TPSA) is 30.5 Å². The summed E-state index contributed by atoms with van der Waals surface area (Å²) in [5.41, 5.74) is 2.27. The lowest BCUT2D eigenvalue weighted by Crippen LogP contribution is -2.44. The maximum Gasteiger partial charge on any atom is 0.123 e. The van der Waals surface area contributed by atoms with Gasteiger partial charge in [-0.2, -0.15) is 0 Å². The third-order valence-electron chi connectivity index (χ3n) is 5.70. The molecular weight excluding hydrogens is 341 g/mol. The predicted molar refractivity (Wildman–Crippen MR) is 107 cm³/mol. The number of ether oxygens (including phenoxy) is 2. The summed E-state index contributed by atoms with van der Waals surface area (Å²) in [7, 11) is 1.68. The van der Waals surface area contributed by atoms with E-state index in [4.69, 9.17) is 9.47 Å². The van der Waals surface area contributed by atoms with Crippen molar-refractivity contribution in [2.24, 2.45) is 5.92 Å². The van der Waals surface area contributed by atoms with Gasteiger partial charge in [-0.3, -0.25) is 0 Å². The van der Waals surface area contributed by atoms with Gasteiger partial charge in [0.15, 0.2) is 0 Å². The Morgan fingerprint density at radius 2 is 1.81 bits per heavy atom. The molecule has 146 valence electrons. The Balaban J connectivity index is 1.59. The maximum absolute atomic E-state index is 13.3. The van der Waals surface area contributed by atoms with Crippen molar-refractivity contribution in [2.75, 3.05) is 20.3 Å². The first kappa shape index (κ1) is 19.8. The number of nitrogens with one attached hydrogen (secondary N) is 1. The molecule has 3 rings (SSSR count). The number of methoxy groups -OCH3 is 1. The molecule has 1 N–H and O–H groups in total. The first-order valence-electron chi connectivity index (χ1n) is 9.72. The molecule has 4 heteroatoms. The van der Waals surface area contributed by atoms with E-state index in [1.165, 1.54) is 11.1 Å². The molecule has 0 saturated carbocycles. The normalized spacial score (nSPS) is 21.8. The average molecular weight is 371 g/mol. The summed E-state index contributed by atoms with van der Waals surface area (Å²) in [6.45, 7) is 6.86. The molecule has 0 aliphatic carbocycles. The van der Waals surface area contributed by atoms with Gasteiger partial charge in [-0.15, -0.1) is 0 Å². The first-order valence-corrected chi connectivity index (χ1v) is 9.72. The van der Waals surface area contributed by atoms with Crippen LogP contribution in [0.2, 0.25) is 0 Å². The minimum atomic E-state index is -0.181. The van der Waals surface area contributed by atoms with E-state index in [1.54, 1.807) is 19.2 Å². The van der Waals surface area contributed by atoms with E-state index >= 15 is 0 Å². The third-order valence-corrected chi connectivity index (χ3v) is 5.70. The van der Waals surface area contributed by atoms with Crippen LogP contribution in [-0.4, -0.2) is 25.9 Å². The van der Waals surface area contributed by atoms with Crippen LogP contribution in [0.5, 0.6) is 5.75 Å². The molecule has 1 aliphatic rings. The highest BCUT2D eigenvalue weighted by Crippen LogP contribution is 2.43. The molecule has 2 unspecified atom stereocenters. The molecule has 0 amide bonds. The molecule has 0 aromatic heterocycles. The minimum Gasteiger partial charge on any atom is -0.497 e. The van der Waals surface area contributed by atoms with E-state index < -0.39 is 0 Å². The van der Waals surface area contributed by atoms with E-state index in [9.17, 15) is 4.39 Å². The zero-order chi connectivity index (χ0) is 19.3. The smallest absolute Gasteiger partial charge is 0.123 e. The van der Waals surface area contributed by atoms with E-state index in [2.05, 4.69) is 31.3 Å². The van der Waals surface area contributed by atoms with E-state index in [0.29, 0.717) is 11.8 Å². The van der Waals surface area contributed by atoms with Crippen molar-refractivity contribution < 1.29 is 13.9 Å². The molecule has 1 aliphatic heterocycles. The second kappa shape index (κ2) is 8.85. The molecule has 2 atom stereocenters. The van der Waals surface area contributed by atoms with Crippen LogP contribution in [-0.2, 0) is 11.3 Å². The van der Waals surface area contributed by atoms with Crippen molar-refractivity contribution in [1.82, 2.24) is 5.32 Å². The van der Waals surface area contributed by atoms with Gasteiger partial charge in [0.05, 0.1) is 12.7 Å². The Kier molecular flexibility index (Phi) is 6.51. The van der Waals surface area contributed by atoms with Gasteiger partial charge in [-0.05, 0) is 80.5 Å². The molecule has 1 heterocycles. The van der Waals surface area contributed by atoms with E-state index in [-0.39, 0.29) is 11.4 Å². The highest BCUT2D eigenvalue weighted by molar-refractivity contribution is 5.27. The summed E-state index contributed by atoms with van der Waals surface area (Å²) in [5, 5.41) is 3.55. The molecule has 0 spiro atoms. The van der Waals surface area contributed by atoms with Crippen LogP contribution >= 0.6 is 0 Å². The van der Waals surface area contributed by atoms with Gasteiger partial charge in [-0.1, -0.05) is 24.3 Å². The van der Waals surface area contributed by atoms with E-state index in [0.717, 1.165) is 38.3 Å². The van der Waals surface area contributed by atoms with Crippen LogP contribution in [0, 0.1) is 11.7 Å². The third kappa shape index (κ3) is 5.08. The van der Waals surface area contributed by atoms with Crippen molar-refractivity contribution in [3.63, 3.8) is 0 Å². The van der Waals surface area contributed by atoms with Crippen LogP contribution in [0.4, 0.5) is 4.39 Å². The van der Waals surface area contributed by atoms with Crippen LogP contribution in [0.25, 0.3) is 0 Å². The minimum absolute atomic E-state index is 0.178. The van der Waals surface area contributed by atoms with Crippen molar-refractivity contribution in [3.8, 4) is 5.75 Å². The van der Waals surface area contributed by atoms with Gasteiger partial charge >= 0.3 is 0 Å². The first-order chi connectivity index (χ1) is 13.0. The molecule has 1 fully saturated rings. The fraction of sp³-hybridized carbons (Fsp3) is 0.478. The zero-order valence-corrected chi connectivity index (χ0v) is 16.5. The van der Waals surface area contributed by atoms with Gasteiger partial charge < -0.3 is 14.8 Å². The Morgan fingerprint density at radius 1 is 1.11 bits per heavy atom. The summed E-state index contributed by atoms with van der Waals surface area (Å²) in [4.78, 5) is 0. The van der Waals surface area contributed by atoms with Gasteiger partial charge in [0.1, 0.15) is 11.6 Å². The van der Waals surface area contributed by atoms with Crippen molar-refractivity contribution >= 4 is 0 Å². The van der Waals surface area contributed by atoms with Crippen molar-refractivity contribution in [2.45, 2.75) is 44.8 Å². The molecule has 0 bridgehead atoms. The Bertz CT molecular complexity index is 712. The second-order valence-corrected chi connectivity index (χ2v) is 7.82. The SMILES string of the molecule is COc1ccc(CNCCC2C(c3ccc(F)cc3)CCOC2(C)C)cc1. The summed E-state index contributed by atoms with van der Waals surface area (Å²) < 4.78 is 24.6. The molecule has 1 saturated heterocycles. The van der Waals surface area contributed by atoms with Crippen LogP contribution in [0.3, 0.4) is 0 Å². The highest BCUT2D eigenvalue weighted by Gasteiger charge is 2.40. The molecule has 2 aromatic carbocycles. The van der Waals surface area contributed by atoms with Gasteiger partial charge in [0.2, 0.25) is 0 Å². The Hall–Kier alpha value is -1.91. The lowest BCUT2D eigenvalue weighted by molar-refractivity contribution is -0.105. The van der Waals surface area contributed by atoms with Gasteiger partial charge in [-0.25, -0.2) is 4.39 Å². The number of hydrogen-bond acceptors (Lipinski definition) is 3. The molecular formula is C23H30FNO2. The van der Waals surface area contributed by atoms with Gasteiger partial charge in [0.25, 0.3) is 0 Å². The largest absolute Gasteiger partial charge is 0.497 e. The number of hydrogen-bond donors (Lipinski definition) is 1. The molecule has 3 nitrogen and oxygen atoms in total. The standard InChI is InChI=1S/C23H30FNO2/c1-23(2)22(12-14-25-16-17-4-10-20(26-3)11-5-17)21(13-15-27-23)18-6-8-19(24)9-7-18/h4-11,21-22,25H,12-16H2,1-3H3. The fourth-order valence-corrected chi connectivity index (χ4v) is 4.13. The van der Waals surface area contributed by atoms with Crippen LogP contribution in [0.15, 0.2) is 48.5 Å².